The molecule has 20 heavy (non-hydrogen) atoms. The first-order valence-electron chi connectivity index (χ1n) is 6.55. The first-order valence-corrected chi connectivity index (χ1v) is 7.60. The zero-order chi connectivity index (χ0) is 15.1. The lowest BCUT2D eigenvalue weighted by Gasteiger charge is -2.25. The van der Waals surface area contributed by atoms with Crippen molar-refractivity contribution < 1.29 is 14.7 Å². The van der Waals surface area contributed by atoms with E-state index in [1.807, 2.05) is 44.2 Å². The van der Waals surface area contributed by atoms with Gasteiger partial charge in [-0.05, 0) is 12.5 Å². The van der Waals surface area contributed by atoms with Crippen molar-refractivity contribution >= 4 is 23.6 Å². The molecule has 4 nitrogen and oxygen atoms in total. The van der Waals surface area contributed by atoms with Gasteiger partial charge in [-0.15, -0.1) is 11.8 Å². The molecule has 0 radical (unpaired) electrons. The molecule has 1 N–H and O–H groups in total. The number of carboxylic acids is 1. The molecule has 0 aliphatic rings. The number of carbonyl (C=O) groups excluding carboxylic acids is 1. The van der Waals surface area contributed by atoms with Crippen LogP contribution in [0.25, 0.3) is 0 Å². The van der Waals surface area contributed by atoms with Crippen LogP contribution < -0.4 is 0 Å². The topological polar surface area (TPSA) is 57.6 Å². The number of hydrogen-bond donors (Lipinski definition) is 1. The molecule has 0 bridgehead atoms. The lowest BCUT2D eigenvalue weighted by molar-refractivity contribution is -0.137. The van der Waals surface area contributed by atoms with E-state index in [1.165, 1.54) is 11.8 Å². The Morgan fingerprint density at radius 2 is 1.85 bits per heavy atom. The van der Waals surface area contributed by atoms with Crippen molar-refractivity contribution in [1.82, 2.24) is 4.90 Å². The molecule has 0 heterocycles. The molecule has 0 aliphatic heterocycles. The number of carbonyl (C=O) groups is 2. The molecule has 2 atom stereocenters. The molecule has 0 aliphatic carbocycles. The average molecular weight is 295 g/mol. The van der Waals surface area contributed by atoms with Gasteiger partial charge in [0.1, 0.15) is 0 Å². The van der Waals surface area contributed by atoms with Gasteiger partial charge in [0.15, 0.2) is 0 Å². The molecule has 0 aromatic heterocycles. The third-order valence-corrected chi connectivity index (χ3v) is 4.36. The maximum Gasteiger partial charge on any atom is 0.304 e. The van der Waals surface area contributed by atoms with Crippen LogP contribution in [0.3, 0.4) is 0 Å². The lowest BCUT2D eigenvalue weighted by atomic mass is 10.1. The summed E-state index contributed by atoms with van der Waals surface area (Å²) in [5, 5.41) is 8.63. The Morgan fingerprint density at radius 3 is 2.40 bits per heavy atom. The van der Waals surface area contributed by atoms with Crippen molar-refractivity contribution in [2.75, 3.05) is 12.8 Å². The summed E-state index contributed by atoms with van der Waals surface area (Å²) in [6, 6.07) is 9.85. The zero-order valence-corrected chi connectivity index (χ0v) is 12.9. The van der Waals surface area contributed by atoms with Gasteiger partial charge in [-0.1, -0.05) is 37.3 Å². The van der Waals surface area contributed by atoms with Crippen LogP contribution in [0.1, 0.15) is 31.9 Å². The Kier molecular flexibility index (Phi) is 6.58. The fourth-order valence-electron chi connectivity index (χ4n) is 1.79. The van der Waals surface area contributed by atoms with Crippen LogP contribution in [-0.4, -0.2) is 39.9 Å². The van der Waals surface area contributed by atoms with Crippen LogP contribution >= 0.6 is 11.8 Å². The fourth-order valence-corrected chi connectivity index (χ4v) is 2.68. The Labute approximate surface area is 124 Å². The second-order valence-corrected chi connectivity index (χ2v) is 6.24. The molecule has 5 heteroatoms. The molecule has 1 aromatic rings. The fraction of sp³-hybridized carbons (Fsp3) is 0.467. The summed E-state index contributed by atoms with van der Waals surface area (Å²) in [5.41, 5.74) is 1.09. The minimum absolute atomic E-state index is 0.0130. The SMILES string of the molecule is CC(CC(=O)O)SCC(=O)N(C)C(C)c1ccccc1. The number of rotatable bonds is 7. The quantitative estimate of drug-likeness (QED) is 0.840. The average Bonchev–Trinajstić information content (AvgIpc) is 2.43. The van der Waals surface area contributed by atoms with E-state index >= 15 is 0 Å². The second kappa shape index (κ2) is 7.94. The normalized spacial score (nSPS) is 13.6. The van der Waals surface area contributed by atoms with E-state index in [0.717, 1.165) is 5.56 Å². The number of amides is 1. The van der Waals surface area contributed by atoms with Crippen LogP contribution in [0.15, 0.2) is 30.3 Å². The third-order valence-electron chi connectivity index (χ3n) is 3.21. The smallest absolute Gasteiger partial charge is 0.304 e. The number of aliphatic carboxylic acids is 1. The predicted molar refractivity (Wildman–Crippen MR) is 81.8 cm³/mol. The molecular formula is C15H21NO3S. The third kappa shape index (κ3) is 5.25. The number of carboxylic acid groups (broad SMARTS) is 1. The summed E-state index contributed by atoms with van der Waals surface area (Å²) in [5.74, 6) is -0.505. The summed E-state index contributed by atoms with van der Waals surface area (Å²) in [4.78, 5) is 24.4. The van der Waals surface area contributed by atoms with Crippen molar-refractivity contribution in [3.63, 3.8) is 0 Å². The highest BCUT2D eigenvalue weighted by atomic mass is 32.2. The monoisotopic (exact) mass is 295 g/mol. The van der Waals surface area contributed by atoms with Crippen LogP contribution in [0.4, 0.5) is 0 Å². The zero-order valence-electron chi connectivity index (χ0n) is 12.1. The van der Waals surface area contributed by atoms with Crippen LogP contribution in [0.5, 0.6) is 0 Å². The van der Waals surface area contributed by atoms with Gasteiger partial charge < -0.3 is 10.0 Å². The van der Waals surface area contributed by atoms with Crippen LogP contribution in [0, 0.1) is 0 Å². The standard InChI is InChI=1S/C15H21NO3S/c1-11(9-15(18)19)20-10-14(17)16(3)12(2)13-7-5-4-6-8-13/h4-8,11-12H,9-10H2,1-3H3,(H,18,19). The summed E-state index contributed by atoms with van der Waals surface area (Å²) in [6.45, 7) is 3.81. The van der Waals surface area contributed by atoms with Crippen molar-refractivity contribution in [2.24, 2.45) is 0 Å². The minimum Gasteiger partial charge on any atom is -0.481 e. The summed E-state index contributed by atoms with van der Waals surface area (Å²) in [6.07, 6.45) is 0.0793. The van der Waals surface area contributed by atoms with Gasteiger partial charge in [-0.25, -0.2) is 0 Å². The van der Waals surface area contributed by atoms with E-state index < -0.39 is 5.97 Å². The van der Waals surface area contributed by atoms with E-state index in [9.17, 15) is 9.59 Å². The Balaban J connectivity index is 2.49. The maximum atomic E-state index is 12.1. The number of benzene rings is 1. The van der Waals surface area contributed by atoms with E-state index in [-0.39, 0.29) is 23.6 Å². The highest BCUT2D eigenvalue weighted by molar-refractivity contribution is 8.00. The molecule has 0 spiro atoms. The summed E-state index contributed by atoms with van der Waals surface area (Å²) >= 11 is 1.38. The number of nitrogens with zero attached hydrogens (tertiary/aromatic N) is 1. The Morgan fingerprint density at radius 1 is 1.25 bits per heavy atom. The molecule has 1 rings (SSSR count). The van der Waals surface area contributed by atoms with Gasteiger partial charge in [-0.2, -0.15) is 0 Å². The van der Waals surface area contributed by atoms with Crippen molar-refractivity contribution in [1.29, 1.82) is 0 Å². The van der Waals surface area contributed by atoms with Gasteiger partial charge in [0.05, 0.1) is 18.2 Å². The summed E-state index contributed by atoms with van der Waals surface area (Å²) < 4.78 is 0. The van der Waals surface area contributed by atoms with Gasteiger partial charge in [0.25, 0.3) is 0 Å². The molecule has 0 fully saturated rings. The van der Waals surface area contributed by atoms with E-state index in [1.54, 1.807) is 11.9 Å². The number of hydrogen-bond acceptors (Lipinski definition) is 3. The first kappa shape index (κ1) is 16.6. The molecule has 0 saturated heterocycles. The van der Waals surface area contributed by atoms with E-state index in [4.69, 9.17) is 5.11 Å². The lowest BCUT2D eigenvalue weighted by Crippen LogP contribution is -2.31. The first-order chi connectivity index (χ1) is 9.41. The molecule has 1 amide bonds. The van der Waals surface area contributed by atoms with Crippen LogP contribution in [-0.2, 0) is 9.59 Å². The largest absolute Gasteiger partial charge is 0.481 e. The molecule has 2 unspecified atom stereocenters. The maximum absolute atomic E-state index is 12.1. The Hall–Kier alpha value is -1.49. The minimum atomic E-state index is -0.830. The van der Waals surface area contributed by atoms with Crippen molar-refractivity contribution in [2.45, 2.75) is 31.6 Å². The predicted octanol–water partition coefficient (Wildman–Crippen LogP) is 2.80. The van der Waals surface area contributed by atoms with E-state index in [2.05, 4.69) is 0 Å². The van der Waals surface area contributed by atoms with Crippen molar-refractivity contribution in [3.05, 3.63) is 35.9 Å². The van der Waals surface area contributed by atoms with Gasteiger partial charge >= 0.3 is 5.97 Å². The molecule has 1 aromatic carbocycles. The molecular weight excluding hydrogens is 274 g/mol. The second-order valence-electron chi connectivity index (χ2n) is 4.81. The van der Waals surface area contributed by atoms with Gasteiger partial charge in [0, 0.05) is 12.3 Å². The number of thioether (sulfide) groups is 1. The van der Waals surface area contributed by atoms with E-state index in [0.29, 0.717) is 5.75 Å². The Bertz CT molecular complexity index is 450. The highest BCUT2D eigenvalue weighted by Crippen LogP contribution is 2.21. The van der Waals surface area contributed by atoms with Crippen molar-refractivity contribution in [3.8, 4) is 0 Å². The van der Waals surface area contributed by atoms with Gasteiger partial charge in [0.2, 0.25) is 5.91 Å². The molecule has 0 saturated carbocycles. The highest BCUT2D eigenvalue weighted by Gasteiger charge is 2.18. The summed E-state index contributed by atoms with van der Waals surface area (Å²) in [7, 11) is 1.78. The van der Waals surface area contributed by atoms with Gasteiger partial charge in [-0.3, -0.25) is 9.59 Å². The molecule has 110 valence electrons. The van der Waals surface area contributed by atoms with Crippen LogP contribution in [0.2, 0.25) is 0 Å².